The highest BCUT2D eigenvalue weighted by atomic mass is 32.1. The summed E-state index contributed by atoms with van der Waals surface area (Å²) in [7, 11) is 0. The fourth-order valence-corrected chi connectivity index (χ4v) is 6.50. The maximum absolute atomic E-state index is 12.7. The van der Waals surface area contributed by atoms with Gasteiger partial charge < -0.3 is 4.90 Å². The molecule has 0 radical (unpaired) electrons. The third-order valence-corrected chi connectivity index (χ3v) is 7.95. The van der Waals surface area contributed by atoms with Gasteiger partial charge in [0, 0.05) is 54.9 Å². The lowest BCUT2D eigenvalue weighted by molar-refractivity contribution is -0.132. The molecule has 0 aromatic carbocycles. The van der Waals surface area contributed by atoms with Gasteiger partial charge in [-0.1, -0.05) is 19.3 Å². The number of piperidine rings is 1. The molecule has 3 aliphatic rings. The highest BCUT2D eigenvalue weighted by Crippen LogP contribution is 2.58. The molecule has 4 heterocycles. The number of pyridine rings is 1. The Morgan fingerprint density at radius 1 is 1.07 bits per heavy atom. The van der Waals surface area contributed by atoms with Gasteiger partial charge in [-0.2, -0.15) is 11.3 Å². The van der Waals surface area contributed by atoms with Gasteiger partial charge in [-0.25, -0.2) is 0 Å². The Morgan fingerprint density at radius 2 is 1.82 bits per heavy atom. The summed E-state index contributed by atoms with van der Waals surface area (Å²) >= 11 is 1.60. The number of rotatable bonds is 3. The van der Waals surface area contributed by atoms with Gasteiger partial charge in [0.1, 0.15) is 0 Å². The number of hydrogen-bond acceptors (Lipinski definition) is 4. The van der Waals surface area contributed by atoms with Gasteiger partial charge in [-0.05, 0) is 54.8 Å². The summed E-state index contributed by atoms with van der Waals surface area (Å²) < 4.78 is 0. The van der Waals surface area contributed by atoms with Crippen molar-refractivity contribution in [1.82, 2.24) is 14.8 Å². The maximum atomic E-state index is 12.7. The zero-order chi connectivity index (χ0) is 19.0. The van der Waals surface area contributed by atoms with Gasteiger partial charge in [-0.15, -0.1) is 0 Å². The van der Waals surface area contributed by atoms with Crippen LogP contribution in [0.1, 0.15) is 66.9 Å². The SMILES string of the molecule is O=C(c1ccsc1)N1CCC(N2CC3(CCCCC3)C2c2ccncc2)CC1. The molecule has 0 bridgehead atoms. The molecule has 4 nitrogen and oxygen atoms in total. The van der Waals surface area contributed by atoms with Gasteiger partial charge >= 0.3 is 0 Å². The lowest BCUT2D eigenvalue weighted by Crippen LogP contribution is -2.63. The first kappa shape index (κ1) is 18.3. The summed E-state index contributed by atoms with van der Waals surface area (Å²) in [5.74, 6) is 0.206. The molecule has 5 rings (SSSR count). The van der Waals surface area contributed by atoms with Gasteiger partial charge in [0.05, 0.1) is 5.56 Å². The molecule has 1 atom stereocenters. The highest BCUT2D eigenvalue weighted by Gasteiger charge is 2.54. The second-order valence-corrected chi connectivity index (χ2v) is 9.59. The predicted octanol–water partition coefficient (Wildman–Crippen LogP) is 4.76. The topological polar surface area (TPSA) is 36.4 Å². The Kier molecular flexibility index (Phi) is 4.97. The van der Waals surface area contributed by atoms with Gasteiger partial charge in [-0.3, -0.25) is 14.7 Å². The number of thiophene rings is 1. The van der Waals surface area contributed by atoms with Crippen LogP contribution < -0.4 is 0 Å². The number of hydrogen-bond donors (Lipinski definition) is 0. The summed E-state index contributed by atoms with van der Waals surface area (Å²) in [6.07, 6.45) is 13.0. The van der Waals surface area contributed by atoms with E-state index >= 15 is 0 Å². The molecule has 1 aliphatic carbocycles. The summed E-state index contributed by atoms with van der Waals surface area (Å²) in [6.45, 7) is 3.00. The van der Waals surface area contributed by atoms with Gasteiger partial charge in [0.25, 0.3) is 5.91 Å². The first-order valence-electron chi connectivity index (χ1n) is 10.7. The van der Waals surface area contributed by atoms with E-state index in [0.717, 1.165) is 31.5 Å². The largest absolute Gasteiger partial charge is 0.339 e. The van der Waals surface area contributed by atoms with E-state index in [-0.39, 0.29) is 5.91 Å². The average Bonchev–Trinajstić information content (AvgIpc) is 3.28. The maximum Gasteiger partial charge on any atom is 0.254 e. The first-order chi connectivity index (χ1) is 13.8. The molecule has 2 aliphatic heterocycles. The van der Waals surface area contributed by atoms with Crippen molar-refractivity contribution in [3.05, 3.63) is 52.5 Å². The van der Waals surface area contributed by atoms with Crippen LogP contribution >= 0.6 is 11.3 Å². The number of aromatic nitrogens is 1. The van der Waals surface area contributed by atoms with E-state index in [0.29, 0.717) is 17.5 Å². The van der Waals surface area contributed by atoms with Crippen molar-refractivity contribution >= 4 is 17.2 Å². The third kappa shape index (κ3) is 3.18. The zero-order valence-corrected chi connectivity index (χ0v) is 17.2. The van der Waals surface area contributed by atoms with E-state index in [9.17, 15) is 4.79 Å². The van der Waals surface area contributed by atoms with Crippen molar-refractivity contribution in [1.29, 1.82) is 0 Å². The normalized spacial score (nSPS) is 25.6. The fraction of sp³-hybridized carbons (Fsp3) is 0.565. The molecule has 1 saturated carbocycles. The second kappa shape index (κ2) is 7.60. The summed E-state index contributed by atoms with van der Waals surface area (Å²) in [5.41, 5.74) is 2.77. The molecule has 1 amide bonds. The Labute approximate surface area is 171 Å². The van der Waals surface area contributed by atoms with Crippen LogP contribution in [-0.4, -0.2) is 46.4 Å². The van der Waals surface area contributed by atoms with E-state index < -0.39 is 0 Å². The standard InChI is InChI=1S/C23H29N3OS/c27-22(19-8-15-28-16-19)25-13-6-20(7-14-25)26-17-23(9-2-1-3-10-23)21(26)18-4-11-24-12-5-18/h4-5,8,11-12,15-16,20-21H,1-3,6-7,9-10,13-14,17H2. The van der Waals surface area contributed by atoms with Crippen molar-refractivity contribution in [3.63, 3.8) is 0 Å². The minimum absolute atomic E-state index is 0.206. The number of carbonyl (C=O) groups is 1. The summed E-state index contributed by atoms with van der Waals surface area (Å²) in [5, 5.41) is 3.96. The first-order valence-corrected chi connectivity index (χ1v) is 11.7. The molecule has 1 unspecified atom stereocenters. The van der Waals surface area contributed by atoms with E-state index in [4.69, 9.17) is 0 Å². The second-order valence-electron chi connectivity index (χ2n) is 8.81. The summed E-state index contributed by atoms with van der Waals surface area (Å²) in [6, 6.07) is 7.53. The molecule has 2 aromatic heterocycles. The van der Waals surface area contributed by atoms with E-state index in [1.165, 1.54) is 44.2 Å². The smallest absolute Gasteiger partial charge is 0.254 e. The summed E-state index contributed by atoms with van der Waals surface area (Å²) in [4.78, 5) is 21.7. The fourth-order valence-electron chi connectivity index (χ4n) is 5.87. The Morgan fingerprint density at radius 3 is 2.50 bits per heavy atom. The number of carbonyl (C=O) groups excluding carboxylic acids is 1. The van der Waals surface area contributed by atoms with Gasteiger partial charge in [0.15, 0.2) is 0 Å². The van der Waals surface area contributed by atoms with E-state index in [1.807, 2.05) is 29.2 Å². The Balaban J connectivity index is 1.29. The molecule has 0 N–H and O–H groups in total. The number of amides is 1. The monoisotopic (exact) mass is 395 g/mol. The minimum atomic E-state index is 0.206. The van der Waals surface area contributed by atoms with Crippen LogP contribution in [0.5, 0.6) is 0 Å². The molecular weight excluding hydrogens is 366 g/mol. The van der Waals surface area contributed by atoms with Crippen molar-refractivity contribution in [2.24, 2.45) is 5.41 Å². The number of nitrogens with zero attached hydrogens (tertiary/aromatic N) is 3. The molecule has 28 heavy (non-hydrogen) atoms. The van der Waals surface area contributed by atoms with Crippen molar-refractivity contribution < 1.29 is 4.79 Å². The van der Waals surface area contributed by atoms with Crippen LogP contribution in [0.3, 0.4) is 0 Å². The zero-order valence-electron chi connectivity index (χ0n) is 16.4. The molecule has 2 saturated heterocycles. The van der Waals surface area contributed by atoms with Crippen LogP contribution in [0.4, 0.5) is 0 Å². The van der Waals surface area contributed by atoms with Crippen molar-refractivity contribution in [2.45, 2.75) is 57.0 Å². The molecule has 3 fully saturated rings. The van der Waals surface area contributed by atoms with Crippen LogP contribution in [0, 0.1) is 5.41 Å². The van der Waals surface area contributed by atoms with Crippen LogP contribution in [0.25, 0.3) is 0 Å². The third-order valence-electron chi connectivity index (χ3n) is 7.27. The quantitative estimate of drug-likeness (QED) is 0.752. The van der Waals surface area contributed by atoms with Crippen molar-refractivity contribution in [2.75, 3.05) is 19.6 Å². The van der Waals surface area contributed by atoms with Crippen molar-refractivity contribution in [3.8, 4) is 0 Å². The number of likely N-dealkylation sites (tertiary alicyclic amines) is 2. The molecular formula is C23H29N3OS. The lowest BCUT2D eigenvalue weighted by atomic mass is 9.60. The molecule has 2 aromatic rings. The molecule has 1 spiro atoms. The van der Waals surface area contributed by atoms with E-state index in [1.54, 1.807) is 11.3 Å². The van der Waals surface area contributed by atoms with Gasteiger partial charge in [0.2, 0.25) is 0 Å². The minimum Gasteiger partial charge on any atom is -0.339 e. The van der Waals surface area contributed by atoms with Crippen LogP contribution in [0.15, 0.2) is 41.4 Å². The average molecular weight is 396 g/mol. The Bertz CT molecular complexity index is 793. The van der Waals surface area contributed by atoms with Crippen LogP contribution in [0.2, 0.25) is 0 Å². The Hall–Kier alpha value is -1.72. The van der Waals surface area contributed by atoms with Crippen LogP contribution in [-0.2, 0) is 0 Å². The lowest BCUT2D eigenvalue weighted by Gasteiger charge is -2.63. The molecule has 5 heteroatoms. The van der Waals surface area contributed by atoms with E-state index in [2.05, 4.69) is 26.9 Å². The predicted molar refractivity (Wildman–Crippen MR) is 112 cm³/mol. The molecule has 148 valence electrons. The highest BCUT2D eigenvalue weighted by molar-refractivity contribution is 7.08.